The molecule has 0 radical (unpaired) electrons. The standard InChI is InChI=1S/C23H25N3O3S/c24-12-21-13-25-22(30-21)19-6-8-20(9-7-19)28-16-18-10-11-26(14-18)23(27)29-15-17-4-2-1-3-5-17/h1-9,13,18H,10-12,14-16,24H2/t18-/m0/s1. The van der Waals surface area contributed by atoms with Crippen molar-refractivity contribution < 1.29 is 14.3 Å². The number of nitrogens with two attached hydrogens (primary N) is 1. The summed E-state index contributed by atoms with van der Waals surface area (Å²) < 4.78 is 11.4. The molecule has 0 bridgehead atoms. The smallest absolute Gasteiger partial charge is 0.410 e. The van der Waals surface area contributed by atoms with Crippen molar-refractivity contribution in [2.75, 3.05) is 19.7 Å². The lowest BCUT2D eigenvalue weighted by Gasteiger charge is -2.17. The van der Waals surface area contributed by atoms with E-state index >= 15 is 0 Å². The maximum Gasteiger partial charge on any atom is 0.410 e. The molecule has 6 nitrogen and oxygen atoms in total. The zero-order valence-electron chi connectivity index (χ0n) is 16.7. The molecule has 1 aliphatic rings. The molecule has 4 rings (SSSR count). The Balaban J connectivity index is 1.22. The molecule has 0 saturated carbocycles. The van der Waals surface area contributed by atoms with Crippen molar-refractivity contribution in [3.05, 3.63) is 71.2 Å². The molecule has 1 atom stereocenters. The number of hydrogen-bond donors (Lipinski definition) is 1. The fourth-order valence-electron chi connectivity index (χ4n) is 3.39. The number of hydrogen-bond acceptors (Lipinski definition) is 6. The number of rotatable bonds is 7. The third-order valence-corrected chi connectivity index (χ3v) is 6.16. The van der Waals surface area contributed by atoms with Crippen molar-refractivity contribution in [2.24, 2.45) is 11.7 Å². The van der Waals surface area contributed by atoms with Gasteiger partial charge < -0.3 is 20.1 Å². The molecule has 1 aromatic heterocycles. The number of aromatic nitrogens is 1. The Morgan fingerprint density at radius 1 is 1.17 bits per heavy atom. The summed E-state index contributed by atoms with van der Waals surface area (Å²) in [4.78, 5) is 19.5. The van der Waals surface area contributed by atoms with E-state index < -0.39 is 0 Å². The highest BCUT2D eigenvalue weighted by molar-refractivity contribution is 7.15. The van der Waals surface area contributed by atoms with E-state index in [1.54, 1.807) is 16.2 Å². The van der Waals surface area contributed by atoms with Gasteiger partial charge in [-0.3, -0.25) is 0 Å². The Labute approximate surface area is 180 Å². The molecule has 3 aromatic rings. The lowest BCUT2D eigenvalue weighted by molar-refractivity contribution is 0.102. The van der Waals surface area contributed by atoms with Crippen LogP contribution in [0.15, 0.2) is 60.8 Å². The van der Waals surface area contributed by atoms with Gasteiger partial charge in [0.25, 0.3) is 0 Å². The van der Waals surface area contributed by atoms with Crippen molar-refractivity contribution in [1.29, 1.82) is 0 Å². The molecule has 0 aliphatic carbocycles. The van der Waals surface area contributed by atoms with Crippen molar-refractivity contribution in [1.82, 2.24) is 9.88 Å². The number of ether oxygens (including phenoxy) is 2. The van der Waals surface area contributed by atoms with E-state index in [-0.39, 0.29) is 6.09 Å². The fraction of sp³-hybridized carbons (Fsp3) is 0.304. The van der Waals surface area contributed by atoms with E-state index in [0.717, 1.165) is 33.2 Å². The summed E-state index contributed by atoms with van der Waals surface area (Å²) in [5, 5.41) is 0.961. The first-order valence-corrected chi connectivity index (χ1v) is 10.9. The Bertz CT molecular complexity index is 959. The number of thiazole rings is 1. The normalized spacial score (nSPS) is 15.9. The number of carbonyl (C=O) groups is 1. The van der Waals surface area contributed by atoms with Gasteiger partial charge in [0, 0.05) is 42.2 Å². The highest BCUT2D eigenvalue weighted by Crippen LogP contribution is 2.27. The first-order chi connectivity index (χ1) is 14.7. The number of amides is 1. The van der Waals surface area contributed by atoms with Gasteiger partial charge >= 0.3 is 6.09 Å². The van der Waals surface area contributed by atoms with E-state index in [1.165, 1.54) is 0 Å². The minimum Gasteiger partial charge on any atom is -0.493 e. The lowest BCUT2D eigenvalue weighted by Crippen LogP contribution is -2.30. The molecule has 30 heavy (non-hydrogen) atoms. The summed E-state index contributed by atoms with van der Waals surface area (Å²) >= 11 is 1.60. The highest BCUT2D eigenvalue weighted by Gasteiger charge is 2.27. The largest absolute Gasteiger partial charge is 0.493 e. The SMILES string of the molecule is NCc1cnc(-c2ccc(OC[C@H]3CCN(C(=O)OCc4ccccc4)C3)cc2)s1. The molecule has 1 saturated heterocycles. The van der Waals surface area contributed by atoms with Gasteiger partial charge in [-0.25, -0.2) is 9.78 Å². The van der Waals surface area contributed by atoms with Crippen LogP contribution in [0.3, 0.4) is 0 Å². The first-order valence-electron chi connectivity index (χ1n) is 10.0. The lowest BCUT2D eigenvalue weighted by atomic mass is 10.1. The molecule has 0 spiro atoms. The Hall–Kier alpha value is -2.90. The van der Waals surface area contributed by atoms with Gasteiger partial charge in [-0.15, -0.1) is 11.3 Å². The number of benzene rings is 2. The quantitative estimate of drug-likeness (QED) is 0.613. The van der Waals surface area contributed by atoms with Crippen LogP contribution in [0.2, 0.25) is 0 Å². The molecule has 1 amide bonds. The maximum atomic E-state index is 12.3. The van der Waals surface area contributed by atoms with Crippen LogP contribution in [-0.4, -0.2) is 35.7 Å². The van der Waals surface area contributed by atoms with Gasteiger partial charge in [0.15, 0.2) is 0 Å². The van der Waals surface area contributed by atoms with Crippen molar-refractivity contribution in [3.8, 4) is 16.3 Å². The summed E-state index contributed by atoms with van der Waals surface area (Å²) in [6.45, 7) is 2.75. The van der Waals surface area contributed by atoms with Crippen LogP contribution in [0.5, 0.6) is 5.75 Å². The molecule has 7 heteroatoms. The molecule has 0 unspecified atom stereocenters. The van der Waals surface area contributed by atoms with Crippen molar-refractivity contribution >= 4 is 17.4 Å². The van der Waals surface area contributed by atoms with Crippen molar-refractivity contribution in [3.63, 3.8) is 0 Å². The predicted octanol–water partition coefficient (Wildman–Crippen LogP) is 4.31. The van der Waals surface area contributed by atoms with Crippen LogP contribution in [0.1, 0.15) is 16.9 Å². The van der Waals surface area contributed by atoms with Crippen LogP contribution in [-0.2, 0) is 17.9 Å². The van der Waals surface area contributed by atoms with Crippen LogP contribution in [0, 0.1) is 5.92 Å². The second kappa shape index (κ2) is 9.73. The van der Waals surface area contributed by atoms with Gasteiger partial charge in [-0.05, 0) is 36.2 Å². The average Bonchev–Trinajstić information content (AvgIpc) is 3.47. The average molecular weight is 424 g/mol. The second-order valence-electron chi connectivity index (χ2n) is 7.31. The molecule has 156 valence electrons. The molecule has 2 heterocycles. The van der Waals surface area contributed by atoms with E-state index in [2.05, 4.69) is 4.98 Å². The second-order valence-corrected chi connectivity index (χ2v) is 8.43. The molecule has 2 aromatic carbocycles. The zero-order chi connectivity index (χ0) is 20.8. The minimum atomic E-state index is -0.258. The van der Waals surface area contributed by atoms with E-state index in [1.807, 2.05) is 60.8 Å². The molecule has 1 aliphatic heterocycles. The Kier molecular flexibility index (Phi) is 6.61. The van der Waals surface area contributed by atoms with Crippen LogP contribution in [0.25, 0.3) is 10.6 Å². The summed E-state index contributed by atoms with van der Waals surface area (Å²) in [6, 6.07) is 17.7. The zero-order valence-corrected chi connectivity index (χ0v) is 17.5. The molecular formula is C23H25N3O3S. The fourth-order valence-corrected chi connectivity index (χ4v) is 4.18. The Morgan fingerprint density at radius 2 is 1.97 bits per heavy atom. The molecule has 2 N–H and O–H groups in total. The maximum absolute atomic E-state index is 12.3. The number of nitrogens with zero attached hydrogens (tertiary/aromatic N) is 2. The monoisotopic (exact) mass is 423 g/mol. The summed E-state index contributed by atoms with van der Waals surface area (Å²) in [5.74, 6) is 1.12. The summed E-state index contributed by atoms with van der Waals surface area (Å²) in [5.41, 5.74) is 7.70. The van der Waals surface area contributed by atoms with E-state index in [4.69, 9.17) is 15.2 Å². The minimum absolute atomic E-state index is 0.258. The van der Waals surface area contributed by atoms with Gasteiger partial charge in [0.1, 0.15) is 17.4 Å². The number of carbonyl (C=O) groups excluding carboxylic acids is 1. The number of likely N-dealkylation sites (tertiary alicyclic amines) is 1. The highest BCUT2D eigenvalue weighted by atomic mass is 32.1. The van der Waals surface area contributed by atoms with Gasteiger partial charge in [0.2, 0.25) is 0 Å². The van der Waals surface area contributed by atoms with E-state index in [9.17, 15) is 4.79 Å². The van der Waals surface area contributed by atoms with Gasteiger partial charge in [0.05, 0.1) is 6.61 Å². The van der Waals surface area contributed by atoms with Gasteiger partial charge in [-0.1, -0.05) is 30.3 Å². The third kappa shape index (κ3) is 5.17. The first kappa shape index (κ1) is 20.4. The molecular weight excluding hydrogens is 398 g/mol. The third-order valence-electron chi connectivity index (χ3n) is 5.09. The van der Waals surface area contributed by atoms with Crippen LogP contribution >= 0.6 is 11.3 Å². The predicted molar refractivity (Wildman–Crippen MR) is 117 cm³/mol. The summed E-state index contributed by atoms with van der Waals surface area (Å²) in [7, 11) is 0. The Morgan fingerprint density at radius 3 is 2.70 bits per heavy atom. The van der Waals surface area contributed by atoms with Gasteiger partial charge in [-0.2, -0.15) is 0 Å². The molecule has 1 fully saturated rings. The van der Waals surface area contributed by atoms with Crippen LogP contribution in [0.4, 0.5) is 4.79 Å². The van der Waals surface area contributed by atoms with Crippen molar-refractivity contribution in [2.45, 2.75) is 19.6 Å². The van der Waals surface area contributed by atoms with Crippen LogP contribution < -0.4 is 10.5 Å². The topological polar surface area (TPSA) is 77.7 Å². The summed E-state index contributed by atoms with van der Waals surface area (Å²) in [6.07, 6.45) is 2.48. The van der Waals surface area contributed by atoms with E-state index in [0.29, 0.717) is 38.8 Å².